The van der Waals surface area contributed by atoms with Gasteiger partial charge in [0.05, 0.1) is 0 Å². The fraction of sp³-hybridized carbons (Fsp3) is 0.500. The van der Waals surface area contributed by atoms with Crippen LogP contribution in [0.1, 0.15) is 40.2 Å². The summed E-state index contributed by atoms with van der Waals surface area (Å²) in [5.74, 6) is -1.07. The Balaban J connectivity index is 2.95. The third-order valence-corrected chi connectivity index (χ3v) is 3.23. The molecule has 1 N–H and O–H groups in total. The molecule has 0 fully saturated rings. The molecule has 1 aromatic rings. The van der Waals surface area contributed by atoms with Crippen LogP contribution < -0.4 is 5.32 Å². The normalized spacial score (nSPS) is 11.1. The van der Waals surface area contributed by atoms with E-state index in [2.05, 4.69) is 26.1 Å². The SMILES string of the molecule is CCN(CC)C(=O)C(=O)Nc1ccccc1C(C)(C)C. The first-order chi connectivity index (χ1) is 9.31. The Morgan fingerprint density at radius 1 is 1.10 bits per heavy atom. The molecule has 4 heteroatoms. The molecular weight excluding hydrogens is 252 g/mol. The summed E-state index contributed by atoms with van der Waals surface area (Å²) in [6.07, 6.45) is 0. The van der Waals surface area contributed by atoms with E-state index >= 15 is 0 Å². The van der Waals surface area contributed by atoms with E-state index in [0.29, 0.717) is 18.8 Å². The van der Waals surface area contributed by atoms with E-state index in [-0.39, 0.29) is 5.41 Å². The Bertz CT molecular complexity index is 485. The van der Waals surface area contributed by atoms with Gasteiger partial charge in [0.25, 0.3) is 0 Å². The highest BCUT2D eigenvalue weighted by molar-refractivity contribution is 6.39. The molecule has 2 amide bonds. The second-order valence-corrected chi connectivity index (χ2v) is 5.73. The van der Waals surface area contributed by atoms with Gasteiger partial charge in [-0.15, -0.1) is 0 Å². The fourth-order valence-electron chi connectivity index (χ4n) is 2.08. The van der Waals surface area contributed by atoms with Gasteiger partial charge in [-0.25, -0.2) is 0 Å². The number of nitrogens with one attached hydrogen (secondary N) is 1. The Morgan fingerprint density at radius 3 is 2.15 bits per heavy atom. The number of hydrogen-bond donors (Lipinski definition) is 1. The summed E-state index contributed by atoms with van der Waals surface area (Å²) in [6.45, 7) is 11.0. The van der Waals surface area contributed by atoms with Crippen molar-refractivity contribution in [3.63, 3.8) is 0 Å². The molecule has 0 aromatic heterocycles. The largest absolute Gasteiger partial charge is 0.335 e. The second-order valence-electron chi connectivity index (χ2n) is 5.73. The highest BCUT2D eigenvalue weighted by atomic mass is 16.2. The van der Waals surface area contributed by atoms with E-state index < -0.39 is 11.8 Å². The van der Waals surface area contributed by atoms with Crippen LogP contribution in [0.25, 0.3) is 0 Å². The molecule has 0 unspecified atom stereocenters. The molecule has 0 spiro atoms. The molecule has 0 bridgehead atoms. The first kappa shape index (κ1) is 16.2. The number of nitrogens with zero attached hydrogens (tertiary/aromatic N) is 1. The van der Waals surface area contributed by atoms with Crippen LogP contribution in [0.4, 0.5) is 5.69 Å². The van der Waals surface area contributed by atoms with Crippen molar-refractivity contribution < 1.29 is 9.59 Å². The molecule has 0 heterocycles. The maximum absolute atomic E-state index is 12.0. The average molecular weight is 276 g/mol. The quantitative estimate of drug-likeness (QED) is 0.863. The fourth-order valence-corrected chi connectivity index (χ4v) is 2.08. The van der Waals surface area contributed by atoms with E-state index in [0.717, 1.165) is 5.56 Å². The summed E-state index contributed by atoms with van der Waals surface area (Å²) < 4.78 is 0. The number of carbonyl (C=O) groups is 2. The molecule has 0 saturated carbocycles. The maximum atomic E-state index is 12.0. The summed E-state index contributed by atoms with van der Waals surface area (Å²) in [5.41, 5.74) is 1.62. The highest BCUT2D eigenvalue weighted by Crippen LogP contribution is 2.29. The van der Waals surface area contributed by atoms with Gasteiger partial charge >= 0.3 is 11.8 Å². The van der Waals surface area contributed by atoms with E-state index in [1.54, 1.807) is 0 Å². The third-order valence-electron chi connectivity index (χ3n) is 3.23. The standard InChI is InChI=1S/C16H24N2O2/c1-6-18(7-2)15(20)14(19)17-13-11-9-8-10-12(13)16(3,4)5/h8-11H,6-7H2,1-5H3,(H,17,19). The smallest absolute Gasteiger partial charge is 0.313 e. The molecule has 0 aliphatic rings. The highest BCUT2D eigenvalue weighted by Gasteiger charge is 2.23. The topological polar surface area (TPSA) is 49.4 Å². The minimum Gasteiger partial charge on any atom is -0.335 e. The van der Waals surface area contributed by atoms with Crippen LogP contribution >= 0.6 is 0 Å². The maximum Gasteiger partial charge on any atom is 0.313 e. The monoisotopic (exact) mass is 276 g/mol. The first-order valence-electron chi connectivity index (χ1n) is 7.01. The lowest BCUT2D eigenvalue weighted by Gasteiger charge is -2.23. The zero-order valence-corrected chi connectivity index (χ0v) is 13.0. The second kappa shape index (κ2) is 6.55. The van der Waals surface area contributed by atoms with E-state index in [4.69, 9.17) is 0 Å². The van der Waals surface area contributed by atoms with Crippen molar-refractivity contribution in [2.75, 3.05) is 18.4 Å². The van der Waals surface area contributed by atoms with Gasteiger partial charge in [-0.1, -0.05) is 39.0 Å². The zero-order chi connectivity index (χ0) is 15.3. The number of hydrogen-bond acceptors (Lipinski definition) is 2. The lowest BCUT2D eigenvalue weighted by molar-refractivity contribution is -0.142. The van der Waals surface area contributed by atoms with Crippen LogP contribution in [0.3, 0.4) is 0 Å². The third kappa shape index (κ3) is 3.83. The minimum atomic E-state index is -0.578. The first-order valence-corrected chi connectivity index (χ1v) is 7.01. The Hall–Kier alpha value is -1.84. The van der Waals surface area contributed by atoms with Crippen molar-refractivity contribution >= 4 is 17.5 Å². The van der Waals surface area contributed by atoms with Gasteiger partial charge in [0, 0.05) is 18.8 Å². The van der Waals surface area contributed by atoms with Gasteiger partial charge in [-0.2, -0.15) is 0 Å². The Morgan fingerprint density at radius 2 is 1.65 bits per heavy atom. The molecule has 20 heavy (non-hydrogen) atoms. The van der Waals surface area contributed by atoms with Crippen LogP contribution in [0.2, 0.25) is 0 Å². The minimum absolute atomic E-state index is 0.0951. The van der Waals surface area contributed by atoms with Gasteiger partial charge in [0.2, 0.25) is 0 Å². The van der Waals surface area contributed by atoms with Crippen molar-refractivity contribution in [1.29, 1.82) is 0 Å². The summed E-state index contributed by atoms with van der Waals surface area (Å²) >= 11 is 0. The molecule has 1 aromatic carbocycles. The summed E-state index contributed by atoms with van der Waals surface area (Å²) in [4.78, 5) is 25.5. The average Bonchev–Trinajstić information content (AvgIpc) is 2.39. The summed E-state index contributed by atoms with van der Waals surface area (Å²) in [5, 5.41) is 2.74. The molecule has 1 rings (SSSR count). The molecule has 4 nitrogen and oxygen atoms in total. The number of carbonyl (C=O) groups excluding carboxylic acids is 2. The summed E-state index contributed by atoms with van der Waals surface area (Å²) in [6, 6.07) is 7.58. The predicted molar refractivity (Wildman–Crippen MR) is 81.7 cm³/mol. The number of para-hydroxylation sites is 1. The molecule has 0 radical (unpaired) electrons. The summed E-state index contributed by atoms with van der Waals surface area (Å²) in [7, 11) is 0. The molecule has 0 aliphatic carbocycles. The predicted octanol–water partition coefficient (Wildman–Crippen LogP) is 2.79. The van der Waals surface area contributed by atoms with Crippen LogP contribution in [0, 0.1) is 0 Å². The van der Waals surface area contributed by atoms with Crippen molar-refractivity contribution in [3.05, 3.63) is 29.8 Å². The zero-order valence-electron chi connectivity index (χ0n) is 13.0. The number of anilines is 1. The number of likely N-dealkylation sites (N-methyl/N-ethyl adjacent to an activating group) is 1. The van der Waals surface area contributed by atoms with Gasteiger partial charge < -0.3 is 10.2 Å². The van der Waals surface area contributed by atoms with Gasteiger partial charge in [-0.05, 0) is 30.9 Å². The van der Waals surface area contributed by atoms with E-state index in [1.165, 1.54) is 4.90 Å². The van der Waals surface area contributed by atoms with Gasteiger partial charge in [-0.3, -0.25) is 9.59 Å². The van der Waals surface area contributed by atoms with Crippen molar-refractivity contribution in [2.24, 2.45) is 0 Å². The molecule has 0 aliphatic heterocycles. The van der Waals surface area contributed by atoms with Crippen molar-refractivity contribution in [3.8, 4) is 0 Å². The Kier molecular flexibility index (Phi) is 5.31. The van der Waals surface area contributed by atoms with Crippen LogP contribution in [0.15, 0.2) is 24.3 Å². The van der Waals surface area contributed by atoms with Crippen LogP contribution in [-0.2, 0) is 15.0 Å². The molecule has 110 valence electrons. The molecular formula is C16H24N2O2. The Labute approximate surface area is 121 Å². The van der Waals surface area contributed by atoms with Crippen LogP contribution in [-0.4, -0.2) is 29.8 Å². The van der Waals surface area contributed by atoms with Gasteiger partial charge in [0.15, 0.2) is 0 Å². The van der Waals surface area contributed by atoms with Crippen LogP contribution in [0.5, 0.6) is 0 Å². The molecule has 0 atom stereocenters. The lowest BCUT2D eigenvalue weighted by atomic mass is 9.86. The molecule has 0 saturated heterocycles. The van der Waals surface area contributed by atoms with E-state index in [1.807, 2.05) is 38.1 Å². The number of amides is 2. The number of rotatable bonds is 3. The van der Waals surface area contributed by atoms with Gasteiger partial charge in [0.1, 0.15) is 0 Å². The van der Waals surface area contributed by atoms with Crippen molar-refractivity contribution in [1.82, 2.24) is 4.90 Å². The number of benzene rings is 1. The van der Waals surface area contributed by atoms with E-state index in [9.17, 15) is 9.59 Å². The lowest BCUT2D eigenvalue weighted by Crippen LogP contribution is -2.39. The van der Waals surface area contributed by atoms with Crippen molar-refractivity contribution in [2.45, 2.75) is 40.0 Å².